The predicted octanol–water partition coefficient (Wildman–Crippen LogP) is 1.07. The molecular formula is C10H14Cl2N2O3. The van der Waals surface area contributed by atoms with E-state index >= 15 is 0 Å². The number of aliphatic hydroxyl groups excluding tert-OH is 1. The second-order valence-electron chi connectivity index (χ2n) is 3.32. The maximum atomic E-state index is 11.7. The van der Waals surface area contributed by atoms with Crippen LogP contribution >= 0.6 is 23.2 Å². The number of nitrogens with one attached hydrogen (secondary N) is 1. The lowest BCUT2D eigenvalue weighted by Gasteiger charge is -2.06. The number of halogens is 2. The standard InChI is InChI=1S/C10H14Cl2N2O3/c1-14-8(6-7(11)9(14)12)10(16)13-2-4-17-5-3-15/h6,15H,2-5H2,1H3,(H,13,16). The second-order valence-corrected chi connectivity index (χ2v) is 4.08. The molecule has 0 aliphatic carbocycles. The van der Waals surface area contributed by atoms with Crippen LogP contribution in [0.3, 0.4) is 0 Å². The summed E-state index contributed by atoms with van der Waals surface area (Å²) < 4.78 is 6.51. The third-order valence-corrected chi connectivity index (χ3v) is 2.96. The molecule has 0 saturated heterocycles. The summed E-state index contributed by atoms with van der Waals surface area (Å²) in [5.74, 6) is -0.270. The molecule has 0 fully saturated rings. The van der Waals surface area contributed by atoms with Gasteiger partial charge in [-0.05, 0) is 6.07 Å². The molecule has 17 heavy (non-hydrogen) atoms. The maximum absolute atomic E-state index is 11.7. The van der Waals surface area contributed by atoms with E-state index in [0.717, 1.165) is 0 Å². The minimum atomic E-state index is -0.270. The lowest BCUT2D eigenvalue weighted by atomic mass is 10.4. The van der Waals surface area contributed by atoms with E-state index in [1.54, 1.807) is 7.05 Å². The number of amides is 1. The molecule has 1 aromatic rings. The van der Waals surface area contributed by atoms with Gasteiger partial charge in [-0.1, -0.05) is 23.2 Å². The Morgan fingerprint density at radius 1 is 1.53 bits per heavy atom. The molecule has 0 atom stereocenters. The van der Waals surface area contributed by atoms with E-state index in [1.165, 1.54) is 10.6 Å². The number of rotatable bonds is 6. The highest BCUT2D eigenvalue weighted by molar-refractivity contribution is 6.41. The molecule has 7 heteroatoms. The molecule has 0 aliphatic heterocycles. The van der Waals surface area contributed by atoms with Crippen molar-refractivity contribution in [2.24, 2.45) is 7.05 Å². The van der Waals surface area contributed by atoms with Gasteiger partial charge in [-0.15, -0.1) is 0 Å². The smallest absolute Gasteiger partial charge is 0.268 e. The molecule has 96 valence electrons. The third kappa shape index (κ3) is 3.89. The van der Waals surface area contributed by atoms with Crippen molar-refractivity contribution < 1.29 is 14.6 Å². The summed E-state index contributed by atoms with van der Waals surface area (Å²) in [5, 5.41) is 11.8. The van der Waals surface area contributed by atoms with Gasteiger partial charge in [-0.2, -0.15) is 0 Å². The van der Waals surface area contributed by atoms with Gasteiger partial charge in [0.25, 0.3) is 5.91 Å². The highest BCUT2D eigenvalue weighted by Gasteiger charge is 2.14. The Kier molecular flexibility index (Phi) is 5.77. The molecule has 5 nitrogen and oxygen atoms in total. The average Bonchev–Trinajstić information content (AvgIpc) is 2.56. The molecule has 0 aliphatic rings. The quantitative estimate of drug-likeness (QED) is 0.767. The van der Waals surface area contributed by atoms with Crippen LogP contribution in [0, 0.1) is 0 Å². The zero-order valence-corrected chi connectivity index (χ0v) is 10.9. The maximum Gasteiger partial charge on any atom is 0.268 e. The molecule has 2 N–H and O–H groups in total. The monoisotopic (exact) mass is 280 g/mol. The topological polar surface area (TPSA) is 63.5 Å². The van der Waals surface area contributed by atoms with Crippen LogP contribution in [0.2, 0.25) is 10.2 Å². The molecule has 1 aromatic heterocycles. The molecule has 0 radical (unpaired) electrons. The lowest BCUT2D eigenvalue weighted by Crippen LogP contribution is -2.29. The van der Waals surface area contributed by atoms with E-state index in [1.807, 2.05) is 0 Å². The Bertz CT molecular complexity index is 393. The van der Waals surface area contributed by atoms with E-state index in [0.29, 0.717) is 29.0 Å². The fourth-order valence-corrected chi connectivity index (χ4v) is 1.63. The summed E-state index contributed by atoms with van der Waals surface area (Å²) in [6.45, 7) is 0.937. The number of ether oxygens (including phenoxy) is 1. The largest absolute Gasteiger partial charge is 0.394 e. The molecule has 0 bridgehead atoms. The Balaban J connectivity index is 2.44. The van der Waals surface area contributed by atoms with Gasteiger partial charge in [-0.3, -0.25) is 4.79 Å². The minimum absolute atomic E-state index is 0.0308. The highest BCUT2D eigenvalue weighted by Crippen LogP contribution is 2.24. The number of nitrogens with zero attached hydrogens (tertiary/aromatic N) is 1. The van der Waals surface area contributed by atoms with Crippen molar-refractivity contribution in [1.82, 2.24) is 9.88 Å². The molecule has 1 amide bonds. The molecule has 1 rings (SSSR count). The van der Waals surface area contributed by atoms with Gasteiger partial charge in [0, 0.05) is 13.6 Å². The van der Waals surface area contributed by atoms with Crippen molar-refractivity contribution in [1.29, 1.82) is 0 Å². The van der Waals surface area contributed by atoms with Crippen molar-refractivity contribution in [2.75, 3.05) is 26.4 Å². The zero-order chi connectivity index (χ0) is 12.8. The van der Waals surface area contributed by atoms with Gasteiger partial charge in [0.05, 0.1) is 24.8 Å². The van der Waals surface area contributed by atoms with Gasteiger partial charge < -0.3 is 19.7 Å². The first kappa shape index (κ1) is 14.3. The van der Waals surface area contributed by atoms with Crippen molar-refractivity contribution in [3.8, 4) is 0 Å². The SMILES string of the molecule is Cn1c(C(=O)NCCOCCO)cc(Cl)c1Cl. The Morgan fingerprint density at radius 2 is 2.24 bits per heavy atom. The normalized spacial score (nSPS) is 10.6. The van der Waals surface area contributed by atoms with E-state index in [9.17, 15) is 4.79 Å². The summed E-state index contributed by atoms with van der Waals surface area (Å²) in [6.07, 6.45) is 0. The molecule has 0 unspecified atom stereocenters. The molecular weight excluding hydrogens is 267 g/mol. The predicted molar refractivity (Wildman–Crippen MR) is 65.7 cm³/mol. The van der Waals surface area contributed by atoms with Crippen LogP contribution in [0.15, 0.2) is 6.07 Å². The number of hydrogen-bond acceptors (Lipinski definition) is 3. The van der Waals surface area contributed by atoms with Crippen molar-refractivity contribution in [3.63, 3.8) is 0 Å². The first-order chi connectivity index (χ1) is 8.07. The summed E-state index contributed by atoms with van der Waals surface area (Å²) >= 11 is 11.6. The number of carbonyl (C=O) groups excluding carboxylic acids is 1. The van der Waals surface area contributed by atoms with Crippen LogP contribution in [0.5, 0.6) is 0 Å². The summed E-state index contributed by atoms with van der Waals surface area (Å²) in [4.78, 5) is 11.7. The highest BCUT2D eigenvalue weighted by atomic mass is 35.5. The molecule has 0 aromatic carbocycles. The van der Waals surface area contributed by atoms with Gasteiger partial charge in [0.15, 0.2) is 0 Å². The second kappa shape index (κ2) is 6.86. The first-order valence-electron chi connectivity index (χ1n) is 5.05. The Labute approximate surface area is 109 Å². The number of hydrogen-bond donors (Lipinski definition) is 2. The minimum Gasteiger partial charge on any atom is -0.394 e. The van der Waals surface area contributed by atoms with Crippen LogP contribution in [-0.2, 0) is 11.8 Å². The Morgan fingerprint density at radius 3 is 2.76 bits per heavy atom. The van der Waals surface area contributed by atoms with Crippen LogP contribution < -0.4 is 5.32 Å². The fourth-order valence-electron chi connectivity index (χ4n) is 1.25. The van der Waals surface area contributed by atoms with Crippen molar-refractivity contribution in [2.45, 2.75) is 0 Å². The van der Waals surface area contributed by atoms with Crippen LogP contribution in [0.25, 0.3) is 0 Å². The zero-order valence-electron chi connectivity index (χ0n) is 9.37. The molecule has 0 saturated carbocycles. The molecule has 1 heterocycles. The van der Waals surface area contributed by atoms with E-state index < -0.39 is 0 Å². The van der Waals surface area contributed by atoms with Crippen LogP contribution in [0.1, 0.15) is 10.5 Å². The number of aliphatic hydroxyl groups is 1. The van der Waals surface area contributed by atoms with Gasteiger partial charge >= 0.3 is 0 Å². The van der Waals surface area contributed by atoms with E-state index in [4.69, 9.17) is 33.0 Å². The van der Waals surface area contributed by atoms with Gasteiger partial charge in [0.1, 0.15) is 10.8 Å². The first-order valence-corrected chi connectivity index (χ1v) is 5.81. The third-order valence-electron chi connectivity index (χ3n) is 2.12. The fraction of sp³-hybridized carbons (Fsp3) is 0.500. The average molecular weight is 281 g/mol. The Hall–Kier alpha value is -0.750. The van der Waals surface area contributed by atoms with Crippen molar-refractivity contribution >= 4 is 29.1 Å². The summed E-state index contributed by atoms with van der Waals surface area (Å²) in [5.41, 5.74) is 0.391. The number of carbonyl (C=O) groups is 1. The van der Waals surface area contributed by atoms with E-state index in [-0.39, 0.29) is 19.1 Å². The van der Waals surface area contributed by atoms with Gasteiger partial charge in [0.2, 0.25) is 0 Å². The van der Waals surface area contributed by atoms with Crippen LogP contribution in [-0.4, -0.2) is 41.9 Å². The van der Waals surface area contributed by atoms with E-state index in [2.05, 4.69) is 5.32 Å². The number of aromatic nitrogens is 1. The van der Waals surface area contributed by atoms with Crippen LogP contribution in [0.4, 0.5) is 0 Å². The molecule has 0 spiro atoms. The lowest BCUT2D eigenvalue weighted by molar-refractivity contribution is 0.0833. The van der Waals surface area contributed by atoms with Gasteiger partial charge in [-0.25, -0.2) is 0 Å². The summed E-state index contributed by atoms with van der Waals surface area (Å²) in [7, 11) is 1.66. The van der Waals surface area contributed by atoms with Crippen molar-refractivity contribution in [3.05, 3.63) is 21.9 Å². The summed E-state index contributed by atoms with van der Waals surface area (Å²) in [6, 6.07) is 1.51.